The summed E-state index contributed by atoms with van der Waals surface area (Å²) in [5.74, 6) is 1.98. The second-order valence-electron chi connectivity index (χ2n) is 7.75. The van der Waals surface area contributed by atoms with Gasteiger partial charge < -0.3 is 0 Å². The first-order valence-corrected chi connectivity index (χ1v) is 10.7. The predicted octanol–water partition coefficient (Wildman–Crippen LogP) is 8.54. The van der Waals surface area contributed by atoms with Crippen molar-refractivity contribution < 1.29 is 0 Å². The lowest BCUT2D eigenvalue weighted by Crippen LogP contribution is -2.07. The zero-order chi connectivity index (χ0) is 16.5. The summed E-state index contributed by atoms with van der Waals surface area (Å²) in [6.45, 7) is 9.46. The van der Waals surface area contributed by atoms with Gasteiger partial charge in [-0.25, -0.2) is 0 Å². The molecule has 0 saturated heterocycles. The maximum absolute atomic E-state index is 2.51. The van der Waals surface area contributed by atoms with E-state index in [1.54, 1.807) is 0 Å². The Kier molecular flexibility index (Phi) is 17.4. The second kappa shape index (κ2) is 17.4. The van der Waals surface area contributed by atoms with Crippen LogP contribution in [0.3, 0.4) is 0 Å². The molecule has 2 atom stereocenters. The molecule has 0 fully saturated rings. The molecule has 0 nitrogen and oxygen atoms in total. The summed E-state index contributed by atoms with van der Waals surface area (Å²) in [5, 5.41) is 0. The minimum Gasteiger partial charge on any atom is -0.0654 e. The van der Waals surface area contributed by atoms with Crippen molar-refractivity contribution in [3.63, 3.8) is 0 Å². The van der Waals surface area contributed by atoms with E-state index in [0.29, 0.717) is 0 Å². The molecular formula is C22H46. The Morgan fingerprint density at radius 2 is 0.909 bits per heavy atom. The Morgan fingerprint density at radius 1 is 0.500 bits per heavy atom. The van der Waals surface area contributed by atoms with E-state index >= 15 is 0 Å². The van der Waals surface area contributed by atoms with Crippen LogP contribution in [0.25, 0.3) is 0 Å². The smallest absolute Gasteiger partial charge is 0.0412 e. The SMILES string of the molecule is CCCCCCCC(CCCCC)CC(C)CCCCCC. The number of rotatable bonds is 17. The van der Waals surface area contributed by atoms with E-state index < -0.39 is 0 Å². The molecular weight excluding hydrogens is 264 g/mol. The summed E-state index contributed by atoms with van der Waals surface area (Å²) in [6.07, 6.45) is 23.2. The lowest BCUT2D eigenvalue weighted by atomic mass is 9.85. The van der Waals surface area contributed by atoms with Crippen LogP contribution in [0.1, 0.15) is 130 Å². The third-order valence-electron chi connectivity index (χ3n) is 5.22. The molecule has 0 spiro atoms. The highest BCUT2D eigenvalue weighted by Crippen LogP contribution is 2.27. The van der Waals surface area contributed by atoms with Crippen molar-refractivity contribution in [1.29, 1.82) is 0 Å². The maximum atomic E-state index is 2.51. The summed E-state index contributed by atoms with van der Waals surface area (Å²) in [4.78, 5) is 0. The number of unbranched alkanes of at least 4 members (excludes halogenated alkanes) is 9. The van der Waals surface area contributed by atoms with Crippen molar-refractivity contribution in [3.05, 3.63) is 0 Å². The maximum Gasteiger partial charge on any atom is -0.0412 e. The summed E-state index contributed by atoms with van der Waals surface area (Å²) >= 11 is 0. The molecule has 0 heteroatoms. The second-order valence-corrected chi connectivity index (χ2v) is 7.75. The van der Waals surface area contributed by atoms with Gasteiger partial charge in [-0.2, -0.15) is 0 Å². The lowest BCUT2D eigenvalue weighted by molar-refractivity contribution is 0.314. The molecule has 0 saturated carbocycles. The van der Waals surface area contributed by atoms with Crippen LogP contribution in [0.5, 0.6) is 0 Å². The van der Waals surface area contributed by atoms with Gasteiger partial charge in [-0.15, -0.1) is 0 Å². The van der Waals surface area contributed by atoms with Gasteiger partial charge in [-0.05, 0) is 18.3 Å². The summed E-state index contributed by atoms with van der Waals surface area (Å²) in [6, 6.07) is 0. The zero-order valence-electron chi connectivity index (χ0n) is 16.5. The predicted molar refractivity (Wildman–Crippen MR) is 104 cm³/mol. The third kappa shape index (κ3) is 14.9. The number of hydrogen-bond acceptors (Lipinski definition) is 0. The molecule has 0 aliphatic heterocycles. The fourth-order valence-corrected chi connectivity index (χ4v) is 3.71. The average molecular weight is 311 g/mol. The van der Waals surface area contributed by atoms with Crippen LogP contribution >= 0.6 is 0 Å². The van der Waals surface area contributed by atoms with Crippen molar-refractivity contribution in [2.75, 3.05) is 0 Å². The van der Waals surface area contributed by atoms with Crippen LogP contribution < -0.4 is 0 Å². The normalized spacial score (nSPS) is 14.2. The minimum atomic E-state index is 0.958. The molecule has 0 bridgehead atoms. The van der Waals surface area contributed by atoms with Crippen LogP contribution in [0.2, 0.25) is 0 Å². The average Bonchev–Trinajstić information content (AvgIpc) is 2.51. The Morgan fingerprint density at radius 3 is 1.50 bits per heavy atom. The highest BCUT2D eigenvalue weighted by molar-refractivity contribution is 4.65. The highest BCUT2D eigenvalue weighted by atomic mass is 14.2. The van der Waals surface area contributed by atoms with Crippen LogP contribution in [-0.2, 0) is 0 Å². The molecule has 0 aliphatic rings. The molecule has 0 N–H and O–H groups in total. The van der Waals surface area contributed by atoms with Crippen LogP contribution in [0.15, 0.2) is 0 Å². The van der Waals surface area contributed by atoms with E-state index in [2.05, 4.69) is 27.7 Å². The molecule has 0 radical (unpaired) electrons. The Hall–Kier alpha value is 0. The Labute approximate surface area is 142 Å². The Balaban J connectivity index is 3.88. The van der Waals surface area contributed by atoms with E-state index in [-0.39, 0.29) is 0 Å². The molecule has 0 heterocycles. The van der Waals surface area contributed by atoms with E-state index in [1.807, 2.05) is 0 Å². The van der Waals surface area contributed by atoms with Gasteiger partial charge in [0.25, 0.3) is 0 Å². The van der Waals surface area contributed by atoms with Gasteiger partial charge in [-0.1, -0.05) is 124 Å². The van der Waals surface area contributed by atoms with Crippen molar-refractivity contribution >= 4 is 0 Å². The molecule has 0 amide bonds. The summed E-state index contributed by atoms with van der Waals surface area (Å²) < 4.78 is 0. The lowest BCUT2D eigenvalue weighted by Gasteiger charge is -2.21. The van der Waals surface area contributed by atoms with Crippen molar-refractivity contribution in [1.82, 2.24) is 0 Å². The zero-order valence-corrected chi connectivity index (χ0v) is 16.5. The van der Waals surface area contributed by atoms with Gasteiger partial charge in [-0.3, -0.25) is 0 Å². The highest BCUT2D eigenvalue weighted by Gasteiger charge is 2.13. The van der Waals surface area contributed by atoms with Crippen LogP contribution in [0, 0.1) is 11.8 Å². The molecule has 0 rings (SSSR count). The van der Waals surface area contributed by atoms with Gasteiger partial charge in [0.15, 0.2) is 0 Å². The molecule has 134 valence electrons. The van der Waals surface area contributed by atoms with Gasteiger partial charge in [0, 0.05) is 0 Å². The van der Waals surface area contributed by atoms with Gasteiger partial charge >= 0.3 is 0 Å². The quantitative estimate of drug-likeness (QED) is 0.236. The van der Waals surface area contributed by atoms with Crippen LogP contribution in [-0.4, -0.2) is 0 Å². The molecule has 22 heavy (non-hydrogen) atoms. The fraction of sp³-hybridized carbons (Fsp3) is 1.00. The first-order valence-electron chi connectivity index (χ1n) is 10.7. The molecule has 2 unspecified atom stereocenters. The summed E-state index contributed by atoms with van der Waals surface area (Å²) in [7, 11) is 0. The standard InChI is InChI=1S/C22H46/c1-5-8-11-13-16-19-22(18-14-10-7-3)20-21(4)17-15-12-9-6-2/h21-22H,5-20H2,1-4H3. The minimum absolute atomic E-state index is 0.958. The molecule has 0 aromatic rings. The first-order chi connectivity index (χ1) is 10.7. The van der Waals surface area contributed by atoms with Gasteiger partial charge in [0.2, 0.25) is 0 Å². The van der Waals surface area contributed by atoms with Crippen LogP contribution in [0.4, 0.5) is 0 Å². The van der Waals surface area contributed by atoms with Crippen molar-refractivity contribution in [3.8, 4) is 0 Å². The Bertz CT molecular complexity index is 196. The van der Waals surface area contributed by atoms with Crippen molar-refractivity contribution in [2.24, 2.45) is 11.8 Å². The monoisotopic (exact) mass is 310 g/mol. The molecule has 0 aromatic carbocycles. The molecule has 0 aromatic heterocycles. The van der Waals surface area contributed by atoms with E-state index in [9.17, 15) is 0 Å². The fourth-order valence-electron chi connectivity index (χ4n) is 3.71. The van der Waals surface area contributed by atoms with E-state index in [1.165, 1.54) is 103 Å². The van der Waals surface area contributed by atoms with Crippen molar-refractivity contribution in [2.45, 2.75) is 130 Å². The van der Waals surface area contributed by atoms with Gasteiger partial charge in [0.05, 0.1) is 0 Å². The summed E-state index contributed by atoms with van der Waals surface area (Å²) in [5.41, 5.74) is 0. The largest absolute Gasteiger partial charge is 0.0654 e. The third-order valence-corrected chi connectivity index (χ3v) is 5.22. The van der Waals surface area contributed by atoms with E-state index in [4.69, 9.17) is 0 Å². The first kappa shape index (κ1) is 22.0. The van der Waals surface area contributed by atoms with Gasteiger partial charge in [0.1, 0.15) is 0 Å². The molecule has 0 aliphatic carbocycles. The topological polar surface area (TPSA) is 0 Å². The van der Waals surface area contributed by atoms with E-state index in [0.717, 1.165) is 11.8 Å². The number of hydrogen-bond donors (Lipinski definition) is 0.